The first-order valence-electron chi connectivity index (χ1n) is 6.34. The molecule has 3 heteroatoms. The molecule has 94 valence electrons. The summed E-state index contributed by atoms with van der Waals surface area (Å²) in [4.78, 5) is 2.50. The maximum atomic E-state index is 13.2. The fraction of sp³-hybridized carbons (Fsp3) is 0.571. The summed E-state index contributed by atoms with van der Waals surface area (Å²) in [6, 6.07) is 5.14. The summed E-state index contributed by atoms with van der Waals surface area (Å²) < 4.78 is 18.2. The molecule has 0 aromatic heterocycles. The zero-order valence-electron chi connectivity index (χ0n) is 10.4. The number of aryl methyl sites for hydroxylation is 1. The van der Waals surface area contributed by atoms with Crippen LogP contribution in [0.4, 0.5) is 4.39 Å². The van der Waals surface area contributed by atoms with Gasteiger partial charge in [0.15, 0.2) is 11.6 Å². The fourth-order valence-corrected chi connectivity index (χ4v) is 2.37. The van der Waals surface area contributed by atoms with Gasteiger partial charge in [-0.3, -0.25) is 0 Å². The number of likely N-dealkylation sites (tertiary alicyclic amines) is 1. The molecule has 0 radical (unpaired) electrons. The first-order valence-corrected chi connectivity index (χ1v) is 6.34. The fourth-order valence-electron chi connectivity index (χ4n) is 2.37. The first-order chi connectivity index (χ1) is 8.29. The van der Waals surface area contributed by atoms with Crippen molar-refractivity contribution < 1.29 is 9.13 Å². The molecule has 1 heterocycles. The minimum absolute atomic E-state index is 0.282. The van der Waals surface area contributed by atoms with Crippen LogP contribution in [-0.4, -0.2) is 31.6 Å². The molecule has 17 heavy (non-hydrogen) atoms. The Morgan fingerprint density at radius 3 is 2.76 bits per heavy atom. The van der Waals surface area contributed by atoms with Gasteiger partial charge in [-0.2, -0.15) is 0 Å². The molecule has 2 rings (SSSR count). The Morgan fingerprint density at radius 2 is 2.06 bits per heavy atom. The second kappa shape index (κ2) is 6.01. The average Bonchev–Trinajstić information content (AvgIpc) is 2.84. The van der Waals surface area contributed by atoms with Gasteiger partial charge in [-0.15, -0.1) is 0 Å². The molecule has 1 aliphatic heterocycles. The van der Waals surface area contributed by atoms with Crippen molar-refractivity contribution in [3.63, 3.8) is 0 Å². The zero-order chi connectivity index (χ0) is 12.1. The van der Waals surface area contributed by atoms with E-state index >= 15 is 0 Å². The Hall–Kier alpha value is -1.09. The summed E-state index contributed by atoms with van der Waals surface area (Å²) >= 11 is 0. The lowest BCUT2D eigenvalue weighted by Gasteiger charge is -2.14. The van der Waals surface area contributed by atoms with Crippen molar-refractivity contribution in [3.8, 4) is 5.75 Å². The molecule has 1 saturated heterocycles. The summed E-state index contributed by atoms with van der Waals surface area (Å²) in [6.45, 7) is 3.64. The highest BCUT2D eigenvalue weighted by atomic mass is 19.1. The van der Waals surface area contributed by atoms with Gasteiger partial charge in [0, 0.05) is 0 Å². The highest BCUT2D eigenvalue weighted by Crippen LogP contribution is 2.19. The molecular formula is C14H20FNO. The van der Waals surface area contributed by atoms with Crippen LogP contribution in [-0.2, 0) is 6.42 Å². The summed E-state index contributed by atoms with van der Waals surface area (Å²) in [5, 5.41) is 0. The minimum Gasteiger partial charge on any atom is -0.494 e. The number of methoxy groups -OCH3 is 1. The van der Waals surface area contributed by atoms with E-state index in [1.54, 1.807) is 6.07 Å². The third-order valence-electron chi connectivity index (χ3n) is 3.35. The standard InChI is InChI=1S/C14H20FNO/c1-17-14-11-12(6-7-13(14)15)5-4-10-16-8-2-3-9-16/h6-7,11H,2-5,8-10H2,1H3. The molecule has 2 nitrogen and oxygen atoms in total. The van der Waals surface area contributed by atoms with E-state index in [9.17, 15) is 4.39 Å². The van der Waals surface area contributed by atoms with Crippen LogP contribution in [0.15, 0.2) is 18.2 Å². The molecule has 0 unspecified atom stereocenters. The van der Waals surface area contributed by atoms with Gasteiger partial charge < -0.3 is 9.64 Å². The normalized spacial score (nSPS) is 16.4. The number of hydrogen-bond acceptors (Lipinski definition) is 2. The predicted octanol–water partition coefficient (Wildman–Crippen LogP) is 2.86. The molecule has 1 aliphatic rings. The van der Waals surface area contributed by atoms with E-state index in [2.05, 4.69) is 4.90 Å². The molecule has 0 atom stereocenters. The van der Waals surface area contributed by atoms with Gasteiger partial charge in [0.1, 0.15) is 0 Å². The average molecular weight is 237 g/mol. The lowest BCUT2D eigenvalue weighted by Crippen LogP contribution is -2.20. The maximum absolute atomic E-state index is 13.2. The van der Waals surface area contributed by atoms with Crippen molar-refractivity contribution in [2.24, 2.45) is 0 Å². The van der Waals surface area contributed by atoms with Crippen LogP contribution in [0.5, 0.6) is 5.75 Å². The number of benzene rings is 1. The van der Waals surface area contributed by atoms with Crippen LogP contribution in [0.2, 0.25) is 0 Å². The number of rotatable bonds is 5. The second-order valence-corrected chi connectivity index (χ2v) is 4.62. The van der Waals surface area contributed by atoms with E-state index in [-0.39, 0.29) is 5.82 Å². The Morgan fingerprint density at radius 1 is 1.29 bits per heavy atom. The summed E-state index contributed by atoms with van der Waals surface area (Å²) in [7, 11) is 1.51. The summed E-state index contributed by atoms with van der Waals surface area (Å²) in [5.41, 5.74) is 1.16. The van der Waals surface area contributed by atoms with Crippen LogP contribution >= 0.6 is 0 Å². The van der Waals surface area contributed by atoms with E-state index in [0.29, 0.717) is 5.75 Å². The van der Waals surface area contributed by atoms with E-state index in [1.165, 1.54) is 39.1 Å². The van der Waals surface area contributed by atoms with Crippen LogP contribution in [0.3, 0.4) is 0 Å². The predicted molar refractivity (Wildman–Crippen MR) is 66.9 cm³/mol. The number of ether oxygens (including phenoxy) is 1. The molecule has 1 fully saturated rings. The second-order valence-electron chi connectivity index (χ2n) is 4.62. The number of halogens is 1. The minimum atomic E-state index is -0.282. The van der Waals surface area contributed by atoms with E-state index in [4.69, 9.17) is 4.74 Å². The van der Waals surface area contributed by atoms with Crippen LogP contribution < -0.4 is 4.74 Å². The van der Waals surface area contributed by atoms with Gasteiger partial charge in [0.05, 0.1) is 7.11 Å². The van der Waals surface area contributed by atoms with Crippen molar-refractivity contribution in [3.05, 3.63) is 29.6 Å². The smallest absolute Gasteiger partial charge is 0.165 e. The maximum Gasteiger partial charge on any atom is 0.165 e. The van der Waals surface area contributed by atoms with Crippen molar-refractivity contribution in [1.29, 1.82) is 0 Å². The largest absolute Gasteiger partial charge is 0.494 e. The van der Waals surface area contributed by atoms with Gasteiger partial charge in [-0.1, -0.05) is 6.07 Å². The van der Waals surface area contributed by atoms with Crippen LogP contribution in [0.1, 0.15) is 24.8 Å². The van der Waals surface area contributed by atoms with Crippen LogP contribution in [0.25, 0.3) is 0 Å². The van der Waals surface area contributed by atoms with Gasteiger partial charge in [-0.05, 0) is 63.0 Å². The van der Waals surface area contributed by atoms with E-state index in [1.807, 2.05) is 6.07 Å². The van der Waals surface area contributed by atoms with Gasteiger partial charge >= 0.3 is 0 Å². The molecule has 0 bridgehead atoms. The Kier molecular flexibility index (Phi) is 4.37. The van der Waals surface area contributed by atoms with Crippen LogP contribution in [0, 0.1) is 5.82 Å². The van der Waals surface area contributed by atoms with Gasteiger partial charge in [0.25, 0.3) is 0 Å². The number of nitrogens with zero attached hydrogens (tertiary/aromatic N) is 1. The van der Waals surface area contributed by atoms with Crippen molar-refractivity contribution >= 4 is 0 Å². The van der Waals surface area contributed by atoms with Crippen molar-refractivity contribution in [2.75, 3.05) is 26.7 Å². The van der Waals surface area contributed by atoms with Crippen molar-refractivity contribution in [1.82, 2.24) is 4.90 Å². The highest BCUT2D eigenvalue weighted by molar-refractivity contribution is 5.30. The highest BCUT2D eigenvalue weighted by Gasteiger charge is 2.10. The lowest BCUT2D eigenvalue weighted by atomic mass is 10.1. The lowest BCUT2D eigenvalue weighted by molar-refractivity contribution is 0.333. The van der Waals surface area contributed by atoms with Gasteiger partial charge in [-0.25, -0.2) is 4.39 Å². The molecule has 1 aromatic carbocycles. The molecular weight excluding hydrogens is 217 g/mol. The first kappa shape index (κ1) is 12.4. The van der Waals surface area contributed by atoms with Gasteiger partial charge in [0.2, 0.25) is 0 Å². The summed E-state index contributed by atoms with van der Waals surface area (Å²) in [6.07, 6.45) is 4.80. The number of hydrogen-bond donors (Lipinski definition) is 0. The van der Waals surface area contributed by atoms with Crippen molar-refractivity contribution in [2.45, 2.75) is 25.7 Å². The topological polar surface area (TPSA) is 12.5 Å². The quantitative estimate of drug-likeness (QED) is 0.780. The Labute approximate surface area is 102 Å². The Balaban J connectivity index is 1.81. The Bertz CT molecular complexity index is 361. The SMILES string of the molecule is COc1cc(CCCN2CCCC2)ccc1F. The zero-order valence-corrected chi connectivity index (χ0v) is 10.4. The molecule has 0 N–H and O–H groups in total. The third-order valence-corrected chi connectivity index (χ3v) is 3.35. The van der Waals surface area contributed by atoms with E-state index < -0.39 is 0 Å². The molecule has 1 aromatic rings. The van der Waals surface area contributed by atoms with E-state index in [0.717, 1.165) is 24.9 Å². The molecule has 0 aliphatic carbocycles. The third kappa shape index (κ3) is 3.43. The molecule has 0 amide bonds. The molecule has 0 spiro atoms. The molecule has 0 saturated carbocycles. The summed E-state index contributed by atoms with van der Waals surface area (Å²) in [5.74, 6) is 0.0689. The monoisotopic (exact) mass is 237 g/mol.